The number of rotatable bonds is 3. The quantitative estimate of drug-likeness (QED) is 0.901. The molecule has 1 saturated heterocycles. The molecule has 0 saturated carbocycles. The summed E-state index contributed by atoms with van der Waals surface area (Å²) in [4.78, 5) is 2.07. The van der Waals surface area contributed by atoms with Gasteiger partial charge in [-0.15, -0.1) is 0 Å². The molecule has 1 aromatic carbocycles. The third-order valence-corrected chi connectivity index (χ3v) is 4.20. The van der Waals surface area contributed by atoms with E-state index in [2.05, 4.69) is 20.8 Å². The number of hydrogen-bond acceptors (Lipinski definition) is 2. The average Bonchev–Trinajstić information content (AvgIpc) is 2.40. The van der Waals surface area contributed by atoms with Crippen LogP contribution in [0.25, 0.3) is 0 Å². The van der Waals surface area contributed by atoms with Crippen LogP contribution < -0.4 is 5.73 Å². The number of benzene rings is 1. The zero-order valence-corrected chi connectivity index (χ0v) is 12.7. The van der Waals surface area contributed by atoms with Crippen molar-refractivity contribution in [1.82, 2.24) is 4.90 Å². The van der Waals surface area contributed by atoms with Crippen LogP contribution in [0.4, 0.5) is 13.2 Å². The Balaban J connectivity index is 2.16. The zero-order valence-electron chi connectivity index (χ0n) is 11.1. The monoisotopic (exact) mass is 350 g/mol. The van der Waals surface area contributed by atoms with E-state index in [1.165, 1.54) is 0 Å². The summed E-state index contributed by atoms with van der Waals surface area (Å²) < 4.78 is 39.6. The van der Waals surface area contributed by atoms with Crippen molar-refractivity contribution < 1.29 is 13.2 Å². The predicted octanol–water partition coefficient (Wildman–Crippen LogP) is 3.64. The van der Waals surface area contributed by atoms with E-state index in [9.17, 15) is 13.2 Å². The van der Waals surface area contributed by atoms with Crippen LogP contribution >= 0.6 is 15.9 Å². The fourth-order valence-electron chi connectivity index (χ4n) is 2.68. The average molecular weight is 351 g/mol. The van der Waals surface area contributed by atoms with Gasteiger partial charge in [-0.25, -0.2) is 0 Å². The van der Waals surface area contributed by atoms with Crippen LogP contribution in [0.5, 0.6) is 0 Å². The van der Waals surface area contributed by atoms with Crippen LogP contribution in [-0.2, 0) is 12.7 Å². The summed E-state index contributed by atoms with van der Waals surface area (Å²) in [6.07, 6.45) is -2.25. The van der Waals surface area contributed by atoms with Crippen molar-refractivity contribution in [2.24, 2.45) is 11.7 Å². The second-order valence-corrected chi connectivity index (χ2v) is 6.19. The van der Waals surface area contributed by atoms with Gasteiger partial charge in [-0.2, -0.15) is 13.2 Å². The molecule has 1 atom stereocenters. The van der Waals surface area contributed by atoms with Crippen molar-refractivity contribution in [2.75, 3.05) is 19.6 Å². The lowest BCUT2D eigenvalue weighted by Gasteiger charge is -2.32. The molecule has 1 unspecified atom stereocenters. The van der Waals surface area contributed by atoms with Crippen molar-refractivity contribution in [2.45, 2.75) is 25.6 Å². The molecule has 0 amide bonds. The Kier molecular flexibility index (Phi) is 5.09. The van der Waals surface area contributed by atoms with Gasteiger partial charge in [0.2, 0.25) is 0 Å². The number of halogens is 4. The molecule has 2 rings (SSSR count). The van der Waals surface area contributed by atoms with Gasteiger partial charge >= 0.3 is 6.18 Å². The maximum atomic E-state index is 13.1. The van der Waals surface area contributed by atoms with E-state index in [1.807, 2.05) is 0 Å². The first-order valence-corrected chi connectivity index (χ1v) is 7.47. The van der Waals surface area contributed by atoms with Crippen LogP contribution in [0.1, 0.15) is 24.0 Å². The van der Waals surface area contributed by atoms with Gasteiger partial charge in [-0.1, -0.05) is 22.0 Å². The Bertz CT molecular complexity index is 462. The smallest absolute Gasteiger partial charge is 0.330 e. The van der Waals surface area contributed by atoms with Crippen LogP contribution in [0.2, 0.25) is 0 Å². The zero-order chi connectivity index (χ0) is 14.8. The number of piperidine rings is 1. The fraction of sp³-hybridized carbons (Fsp3) is 0.571. The Labute approximate surface area is 125 Å². The normalized spacial score (nSPS) is 21.1. The van der Waals surface area contributed by atoms with Gasteiger partial charge < -0.3 is 5.73 Å². The maximum absolute atomic E-state index is 13.1. The van der Waals surface area contributed by atoms with Gasteiger partial charge in [0.15, 0.2) is 0 Å². The molecule has 0 bridgehead atoms. The highest BCUT2D eigenvalue weighted by Gasteiger charge is 2.34. The van der Waals surface area contributed by atoms with E-state index >= 15 is 0 Å². The lowest BCUT2D eigenvalue weighted by Crippen LogP contribution is -2.38. The van der Waals surface area contributed by atoms with Gasteiger partial charge in [0.1, 0.15) is 0 Å². The highest BCUT2D eigenvalue weighted by atomic mass is 79.9. The maximum Gasteiger partial charge on any atom is 0.416 e. The molecule has 0 aromatic heterocycles. The molecule has 1 aliphatic rings. The SMILES string of the molecule is NCC1CCCN(Cc2ccc(Br)cc2C(F)(F)F)C1. The van der Waals surface area contributed by atoms with Crippen LogP contribution in [-0.4, -0.2) is 24.5 Å². The number of nitrogens with zero attached hydrogens (tertiary/aromatic N) is 1. The standard InChI is InChI=1S/C14H18BrF3N2/c15-12-4-3-11(13(6-12)14(16,17)18)9-20-5-1-2-10(7-19)8-20/h3-4,6,10H,1-2,5,7-9,19H2. The second kappa shape index (κ2) is 6.45. The van der Waals surface area contributed by atoms with Gasteiger partial charge in [0, 0.05) is 17.6 Å². The molecule has 2 N–H and O–H groups in total. The topological polar surface area (TPSA) is 29.3 Å². The first kappa shape index (κ1) is 15.8. The largest absolute Gasteiger partial charge is 0.416 e. The number of nitrogens with two attached hydrogens (primary N) is 1. The molecule has 0 radical (unpaired) electrons. The van der Waals surface area contributed by atoms with Crippen LogP contribution in [0, 0.1) is 5.92 Å². The summed E-state index contributed by atoms with van der Waals surface area (Å²) in [5.74, 6) is 0.397. The van der Waals surface area contributed by atoms with Crippen molar-refractivity contribution in [3.8, 4) is 0 Å². The lowest BCUT2D eigenvalue weighted by atomic mass is 9.97. The third-order valence-electron chi connectivity index (χ3n) is 3.71. The van der Waals surface area contributed by atoms with Crippen molar-refractivity contribution in [3.63, 3.8) is 0 Å². The molecule has 1 fully saturated rings. The first-order chi connectivity index (χ1) is 9.40. The number of likely N-dealkylation sites (tertiary alicyclic amines) is 1. The van der Waals surface area contributed by atoms with E-state index in [0.29, 0.717) is 29.0 Å². The predicted molar refractivity (Wildman–Crippen MR) is 76.2 cm³/mol. The summed E-state index contributed by atoms with van der Waals surface area (Å²) in [5.41, 5.74) is 5.44. The minimum absolute atomic E-state index is 0.332. The van der Waals surface area contributed by atoms with Crippen LogP contribution in [0.15, 0.2) is 22.7 Å². The van der Waals surface area contributed by atoms with Crippen molar-refractivity contribution in [1.29, 1.82) is 0 Å². The molecular formula is C14H18BrF3N2. The first-order valence-electron chi connectivity index (χ1n) is 6.68. The van der Waals surface area contributed by atoms with Crippen LogP contribution in [0.3, 0.4) is 0 Å². The van der Waals surface area contributed by atoms with E-state index in [4.69, 9.17) is 5.73 Å². The molecule has 1 aromatic rings. The number of alkyl halides is 3. The summed E-state index contributed by atoms with van der Waals surface area (Å²) in [6, 6.07) is 4.37. The third kappa shape index (κ3) is 3.96. The molecule has 6 heteroatoms. The fourth-order valence-corrected chi connectivity index (χ4v) is 3.04. The summed E-state index contributed by atoms with van der Waals surface area (Å²) in [5, 5.41) is 0. The molecule has 0 spiro atoms. The number of hydrogen-bond donors (Lipinski definition) is 1. The van der Waals surface area contributed by atoms with Gasteiger partial charge in [0.25, 0.3) is 0 Å². The highest BCUT2D eigenvalue weighted by Crippen LogP contribution is 2.34. The van der Waals surface area contributed by atoms with Gasteiger partial charge in [-0.05, 0) is 49.5 Å². The Morgan fingerprint density at radius 3 is 2.75 bits per heavy atom. The van der Waals surface area contributed by atoms with E-state index in [-0.39, 0.29) is 0 Å². The highest BCUT2D eigenvalue weighted by molar-refractivity contribution is 9.10. The Morgan fingerprint density at radius 1 is 1.35 bits per heavy atom. The summed E-state index contributed by atoms with van der Waals surface area (Å²) >= 11 is 3.10. The van der Waals surface area contributed by atoms with E-state index in [0.717, 1.165) is 32.0 Å². The van der Waals surface area contributed by atoms with E-state index in [1.54, 1.807) is 12.1 Å². The Morgan fingerprint density at radius 2 is 2.10 bits per heavy atom. The molecule has 2 nitrogen and oxygen atoms in total. The molecule has 1 aliphatic heterocycles. The molecule has 0 aliphatic carbocycles. The van der Waals surface area contributed by atoms with Crippen molar-refractivity contribution in [3.05, 3.63) is 33.8 Å². The molecular weight excluding hydrogens is 333 g/mol. The van der Waals surface area contributed by atoms with Gasteiger partial charge in [-0.3, -0.25) is 4.90 Å². The summed E-state index contributed by atoms with van der Waals surface area (Å²) in [7, 11) is 0. The Hall–Kier alpha value is -0.590. The molecule has 112 valence electrons. The van der Waals surface area contributed by atoms with Gasteiger partial charge in [0.05, 0.1) is 5.56 Å². The lowest BCUT2D eigenvalue weighted by molar-refractivity contribution is -0.138. The van der Waals surface area contributed by atoms with E-state index < -0.39 is 11.7 Å². The second-order valence-electron chi connectivity index (χ2n) is 5.28. The minimum atomic E-state index is -4.32. The molecule has 1 heterocycles. The summed E-state index contributed by atoms with van der Waals surface area (Å²) in [6.45, 7) is 2.55. The molecule has 20 heavy (non-hydrogen) atoms. The van der Waals surface area contributed by atoms with Crippen molar-refractivity contribution >= 4 is 15.9 Å². The minimum Gasteiger partial charge on any atom is -0.330 e.